The fourth-order valence-electron chi connectivity index (χ4n) is 1.77. The zero-order valence-corrected chi connectivity index (χ0v) is 10.2. The summed E-state index contributed by atoms with van der Waals surface area (Å²) in [5.74, 6) is -0.652. The Morgan fingerprint density at radius 2 is 2.00 bits per heavy atom. The van der Waals surface area contributed by atoms with Crippen molar-refractivity contribution in [2.75, 3.05) is 7.11 Å². The van der Waals surface area contributed by atoms with Crippen LogP contribution in [-0.2, 0) is 0 Å². The van der Waals surface area contributed by atoms with Crippen LogP contribution in [0.3, 0.4) is 0 Å². The number of aromatic carboxylic acids is 1. The Hall–Kier alpha value is -2.36. The molecule has 2 aromatic rings. The predicted molar refractivity (Wildman–Crippen MR) is 67.9 cm³/mol. The molecule has 0 unspecified atom stereocenters. The van der Waals surface area contributed by atoms with Gasteiger partial charge < -0.3 is 9.84 Å². The standard InChI is InChI=1S/C14H13NO3/c1-9-5-11(8-15-7-9)10-3-4-13(18-2)12(6-10)14(16)17/h3-8H,1-2H3,(H,16,17). The topological polar surface area (TPSA) is 59.4 Å². The molecule has 0 saturated heterocycles. The summed E-state index contributed by atoms with van der Waals surface area (Å²) in [5.41, 5.74) is 2.88. The Morgan fingerprint density at radius 1 is 1.22 bits per heavy atom. The molecule has 92 valence electrons. The van der Waals surface area contributed by atoms with E-state index in [4.69, 9.17) is 9.84 Å². The van der Waals surface area contributed by atoms with Gasteiger partial charge in [-0.2, -0.15) is 0 Å². The van der Waals surface area contributed by atoms with Crippen molar-refractivity contribution in [3.63, 3.8) is 0 Å². The molecule has 0 aliphatic heterocycles. The molecule has 0 aliphatic carbocycles. The van der Waals surface area contributed by atoms with Crippen LogP contribution in [0.15, 0.2) is 36.7 Å². The number of carboxylic acids is 1. The zero-order valence-electron chi connectivity index (χ0n) is 10.2. The van der Waals surface area contributed by atoms with Crippen molar-refractivity contribution in [3.05, 3.63) is 47.8 Å². The molecule has 0 aliphatic rings. The monoisotopic (exact) mass is 243 g/mol. The summed E-state index contributed by atoms with van der Waals surface area (Å²) >= 11 is 0. The molecule has 1 heterocycles. The molecule has 1 N–H and O–H groups in total. The maximum Gasteiger partial charge on any atom is 0.339 e. The Balaban J connectivity index is 2.53. The maximum absolute atomic E-state index is 11.1. The molecule has 1 aromatic carbocycles. The Bertz CT molecular complexity index is 593. The number of methoxy groups -OCH3 is 1. The number of aryl methyl sites for hydroxylation is 1. The van der Waals surface area contributed by atoms with Gasteiger partial charge in [0, 0.05) is 18.0 Å². The lowest BCUT2D eigenvalue weighted by Crippen LogP contribution is -2.00. The molecule has 0 radical (unpaired) electrons. The van der Waals surface area contributed by atoms with Crippen molar-refractivity contribution >= 4 is 5.97 Å². The van der Waals surface area contributed by atoms with Crippen molar-refractivity contribution in [1.29, 1.82) is 0 Å². The number of rotatable bonds is 3. The van der Waals surface area contributed by atoms with E-state index < -0.39 is 5.97 Å². The summed E-state index contributed by atoms with van der Waals surface area (Å²) in [6.07, 6.45) is 3.46. The third-order valence-electron chi connectivity index (χ3n) is 2.64. The number of ether oxygens (including phenoxy) is 1. The van der Waals surface area contributed by atoms with Crippen LogP contribution in [0.2, 0.25) is 0 Å². The lowest BCUT2D eigenvalue weighted by Gasteiger charge is -2.08. The molecule has 4 nitrogen and oxygen atoms in total. The number of pyridine rings is 1. The van der Waals surface area contributed by atoms with Crippen LogP contribution >= 0.6 is 0 Å². The molecule has 18 heavy (non-hydrogen) atoms. The molecule has 1 aromatic heterocycles. The van der Waals surface area contributed by atoms with Crippen LogP contribution in [0.1, 0.15) is 15.9 Å². The van der Waals surface area contributed by atoms with Gasteiger partial charge in [-0.05, 0) is 36.2 Å². The number of carbonyl (C=O) groups is 1. The molecule has 0 amide bonds. The number of nitrogens with zero attached hydrogens (tertiary/aromatic N) is 1. The van der Waals surface area contributed by atoms with E-state index in [0.717, 1.165) is 16.7 Å². The van der Waals surface area contributed by atoms with Gasteiger partial charge in [-0.3, -0.25) is 4.98 Å². The highest BCUT2D eigenvalue weighted by atomic mass is 16.5. The number of hydrogen-bond acceptors (Lipinski definition) is 3. The highest BCUT2D eigenvalue weighted by Crippen LogP contribution is 2.26. The van der Waals surface area contributed by atoms with Crippen molar-refractivity contribution in [2.24, 2.45) is 0 Å². The molecule has 0 saturated carbocycles. The first-order chi connectivity index (χ1) is 8.61. The summed E-state index contributed by atoms with van der Waals surface area (Å²) in [4.78, 5) is 15.2. The molecule has 0 fully saturated rings. The maximum atomic E-state index is 11.1. The minimum absolute atomic E-state index is 0.150. The molecular weight excluding hydrogens is 230 g/mol. The first-order valence-corrected chi connectivity index (χ1v) is 5.45. The van der Waals surface area contributed by atoms with Gasteiger partial charge in [0.1, 0.15) is 11.3 Å². The highest BCUT2D eigenvalue weighted by Gasteiger charge is 2.12. The van der Waals surface area contributed by atoms with Crippen LogP contribution < -0.4 is 4.74 Å². The van der Waals surface area contributed by atoms with E-state index in [9.17, 15) is 4.79 Å². The molecule has 4 heteroatoms. The normalized spacial score (nSPS) is 10.1. The fraction of sp³-hybridized carbons (Fsp3) is 0.143. The van der Waals surface area contributed by atoms with E-state index in [1.165, 1.54) is 7.11 Å². The lowest BCUT2D eigenvalue weighted by molar-refractivity contribution is 0.0693. The highest BCUT2D eigenvalue weighted by molar-refractivity contribution is 5.92. The number of carboxylic acid groups (broad SMARTS) is 1. The van der Waals surface area contributed by atoms with Crippen molar-refractivity contribution in [2.45, 2.75) is 6.92 Å². The van der Waals surface area contributed by atoms with E-state index in [2.05, 4.69) is 4.98 Å². The molecule has 2 rings (SSSR count). The van der Waals surface area contributed by atoms with Crippen molar-refractivity contribution < 1.29 is 14.6 Å². The number of benzene rings is 1. The second-order valence-corrected chi connectivity index (χ2v) is 3.97. The summed E-state index contributed by atoms with van der Waals surface area (Å²) < 4.78 is 5.02. The van der Waals surface area contributed by atoms with Gasteiger partial charge in [0.25, 0.3) is 0 Å². The molecule has 0 spiro atoms. The Morgan fingerprint density at radius 3 is 2.61 bits per heavy atom. The summed E-state index contributed by atoms with van der Waals surface area (Å²) in [5, 5.41) is 9.13. The number of hydrogen-bond donors (Lipinski definition) is 1. The molecular formula is C14H13NO3. The minimum atomic E-state index is -1.01. The fourth-order valence-corrected chi connectivity index (χ4v) is 1.77. The molecule has 0 bridgehead atoms. The Labute approximate surface area is 105 Å². The van der Waals surface area contributed by atoms with E-state index >= 15 is 0 Å². The van der Waals surface area contributed by atoms with Crippen molar-refractivity contribution in [3.8, 4) is 16.9 Å². The van der Waals surface area contributed by atoms with Gasteiger partial charge in [0.15, 0.2) is 0 Å². The van der Waals surface area contributed by atoms with Gasteiger partial charge in [0.2, 0.25) is 0 Å². The predicted octanol–water partition coefficient (Wildman–Crippen LogP) is 2.76. The average Bonchev–Trinajstić information content (AvgIpc) is 2.38. The molecule has 0 atom stereocenters. The lowest BCUT2D eigenvalue weighted by atomic mass is 10.0. The third-order valence-corrected chi connectivity index (χ3v) is 2.64. The minimum Gasteiger partial charge on any atom is -0.496 e. The summed E-state index contributed by atoms with van der Waals surface area (Å²) in [6.45, 7) is 1.94. The SMILES string of the molecule is COc1ccc(-c2cncc(C)c2)cc1C(=O)O. The van der Waals surface area contributed by atoms with Crippen LogP contribution in [0.25, 0.3) is 11.1 Å². The largest absolute Gasteiger partial charge is 0.496 e. The summed E-state index contributed by atoms with van der Waals surface area (Å²) in [6, 6.07) is 7.03. The van der Waals surface area contributed by atoms with Gasteiger partial charge in [-0.1, -0.05) is 6.07 Å². The van der Waals surface area contributed by atoms with Gasteiger partial charge in [-0.15, -0.1) is 0 Å². The van der Waals surface area contributed by atoms with E-state index in [1.807, 2.05) is 19.1 Å². The smallest absolute Gasteiger partial charge is 0.339 e. The first-order valence-electron chi connectivity index (χ1n) is 5.45. The summed E-state index contributed by atoms with van der Waals surface area (Å²) in [7, 11) is 1.45. The van der Waals surface area contributed by atoms with Crippen LogP contribution in [-0.4, -0.2) is 23.2 Å². The third kappa shape index (κ3) is 2.32. The Kier molecular flexibility index (Phi) is 3.28. The van der Waals surface area contributed by atoms with Gasteiger partial charge >= 0.3 is 5.97 Å². The van der Waals surface area contributed by atoms with E-state index in [1.54, 1.807) is 24.5 Å². The van der Waals surface area contributed by atoms with Crippen molar-refractivity contribution in [1.82, 2.24) is 4.98 Å². The second kappa shape index (κ2) is 4.87. The van der Waals surface area contributed by atoms with Crippen LogP contribution in [0.4, 0.5) is 0 Å². The van der Waals surface area contributed by atoms with Crippen LogP contribution in [0.5, 0.6) is 5.75 Å². The van der Waals surface area contributed by atoms with Crippen LogP contribution in [0, 0.1) is 6.92 Å². The van der Waals surface area contributed by atoms with E-state index in [-0.39, 0.29) is 5.56 Å². The van der Waals surface area contributed by atoms with E-state index in [0.29, 0.717) is 5.75 Å². The zero-order chi connectivity index (χ0) is 13.1. The average molecular weight is 243 g/mol. The quantitative estimate of drug-likeness (QED) is 0.900. The van der Waals surface area contributed by atoms with Gasteiger partial charge in [-0.25, -0.2) is 4.79 Å². The first kappa shape index (κ1) is 12.1. The number of aromatic nitrogens is 1. The van der Waals surface area contributed by atoms with Gasteiger partial charge in [0.05, 0.1) is 7.11 Å². The second-order valence-electron chi connectivity index (χ2n) is 3.97.